The number of aliphatic carboxylic acids is 1. The van der Waals surface area contributed by atoms with Gasteiger partial charge in [0.2, 0.25) is 0 Å². The molecule has 1 aromatic rings. The molecule has 1 aromatic carbocycles. The highest BCUT2D eigenvalue weighted by Gasteiger charge is 2.15. The van der Waals surface area contributed by atoms with Crippen molar-refractivity contribution >= 4 is 27.9 Å². The zero-order valence-electron chi connectivity index (χ0n) is 10.1. The molecule has 0 heterocycles. The molecule has 0 aliphatic heterocycles. The molecular weight excluding hydrogens is 300 g/mol. The second-order valence-corrected chi connectivity index (χ2v) is 4.87. The maximum absolute atomic E-state index is 11.5. The van der Waals surface area contributed by atoms with Crippen LogP contribution in [0.1, 0.15) is 25.5 Å². The quantitative estimate of drug-likeness (QED) is 0.797. The number of hydrogen-bond donors (Lipinski definition) is 3. The monoisotopic (exact) mass is 314 g/mol. The van der Waals surface area contributed by atoms with Crippen LogP contribution in [0, 0.1) is 0 Å². The molecule has 2 atom stereocenters. The molecule has 0 saturated heterocycles. The third-order valence-corrected chi connectivity index (χ3v) is 2.96. The van der Waals surface area contributed by atoms with Gasteiger partial charge in [0.15, 0.2) is 0 Å². The van der Waals surface area contributed by atoms with Crippen LogP contribution in [-0.4, -0.2) is 23.1 Å². The maximum atomic E-state index is 11.5. The van der Waals surface area contributed by atoms with Gasteiger partial charge in [0.05, 0.1) is 6.04 Å². The first kappa shape index (κ1) is 14.5. The normalized spacial score (nSPS) is 13.5. The molecule has 0 aliphatic carbocycles. The predicted molar refractivity (Wildman–Crippen MR) is 71.3 cm³/mol. The van der Waals surface area contributed by atoms with Gasteiger partial charge in [-0.2, -0.15) is 0 Å². The van der Waals surface area contributed by atoms with Crippen LogP contribution in [0.4, 0.5) is 4.79 Å². The zero-order valence-corrected chi connectivity index (χ0v) is 11.7. The van der Waals surface area contributed by atoms with Crippen LogP contribution >= 0.6 is 15.9 Å². The highest BCUT2D eigenvalue weighted by molar-refractivity contribution is 9.10. The molecular formula is C12H15BrN2O3. The van der Waals surface area contributed by atoms with Crippen LogP contribution in [-0.2, 0) is 4.79 Å². The Hall–Kier alpha value is -1.56. The molecule has 0 saturated carbocycles. The molecule has 0 radical (unpaired) electrons. The third kappa shape index (κ3) is 4.37. The van der Waals surface area contributed by atoms with Gasteiger partial charge in [-0.25, -0.2) is 4.79 Å². The molecule has 18 heavy (non-hydrogen) atoms. The van der Waals surface area contributed by atoms with E-state index in [1.165, 1.54) is 6.92 Å². The lowest BCUT2D eigenvalue weighted by Crippen LogP contribution is -2.45. The number of carboxylic acid groups (broad SMARTS) is 1. The average molecular weight is 315 g/mol. The standard InChI is InChI=1S/C12H15BrN2O3/c1-7(9-3-5-10(13)6-4-9)14-12(18)15-8(2)11(16)17/h3-8H,1-2H3,(H,16,17)(H2,14,15,18)/t7?,8-/m0/s1. The van der Waals surface area contributed by atoms with Crippen LogP contribution in [0.15, 0.2) is 28.7 Å². The molecule has 98 valence electrons. The summed E-state index contributed by atoms with van der Waals surface area (Å²) in [6.07, 6.45) is 0. The average Bonchev–Trinajstić information content (AvgIpc) is 2.29. The van der Waals surface area contributed by atoms with Gasteiger partial charge in [-0.1, -0.05) is 28.1 Å². The molecule has 3 N–H and O–H groups in total. The maximum Gasteiger partial charge on any atom is 0.325 e. The Bertz CT molecular complexity index is 433. The second kappa shape index (κ2) is 6.39. The van der Waals surface area contributed by atoms with Gasteiger partial charge < -0.3 is 15.7 Å². The zero-order chi connectivity index (χ0) is 13.7. The number of benzene rings is 1. The highest BCUT2D eigenvalue weighted by atomic mass is 79.9. The number of amides is 2. The van der Waals surface area contributed by atoms with E-state index in [1.807, 2.05) is 31.2 Å². The summed E-state index contributed by atoms with van der Waals surface area (Å²) < 4.78 is 0.961. The van der Waals surface area contributed by atoms with Gasteiger partial charge in [-0.05, 0) is 31.5 Å². The molecule has 0 spiro atoms. The minimum absolute atomic E-state index is 0.195. The second-order valence-electron chi connectivity index (χ2n) is 3.95. The summed E-state index contributed by atoms with van der Waals surface area (Å²) in [5.41, 5.74) is 0.941. The van der Waals surface area contributed by atoms with Gasteiger partial charge in [0, 0.05) is 4.47 Å². The van der Waals surface area contributed by atoms with Gasteiger partial charge in [-0.3, -0.25) is 4.79 Å². The van der Waals surface area contributed by atoms with Crippen LogP contribution in [0.3, 0.4) is 0 Å². The Morgan fingerprint density at radius 1 is 1.17 bits per heavy atom. The van der Waals surface area contributed by atoms with Crippen LogP contribution in [0.2, 0.25) is 0 Å². The Morgan fingerprint density at radius 2 is 1.72 bits per heavy atom. The van der Waals surface area contributed by atoms with E-state index in [1.54, 1.807) is 0 Å². The lowest BCUT2D eigenvalue weighted by atomic mass is 10.1. The van der Waals surface area contributed by atoms with E-state index >= 15 is 0 Å². The first-order valence-corrected chi connectivity index (χ1v) is 6.24. The largest absolute Gasteiger partial charge is 0.480 e. The van der Waals surface area contributed by atoms with Crippen molar-refractivity contribution in [2.24, 2.45) is 0 Å². The number of hydrogen-bond acceptors (Lipinski definition) is 2. The van der Waals surface area contributed by atoms with Crippen molar-refractivity contribution in [3.63, 3.8) is 0 Å². The Labute approximate surface area is 114 Å². The van der Waals surface area contributed by atoms with E-state index in [2.05, 4.69) is 26.6 Å². The van der Waals surface area contributed by atoms with Gasteiger partial charge in [0.1, 0.15) is 6.04 Å². The van der Waals surface area contributed by atoms with Crippen molar-refractivity contribution in [2.75, 3.05) is 0 Å². The molecule has 2 amide bonds. The number of nitrogens with one attached hydrogen (secondary N) is 2. The number of halogens is 1. The fourth-order valence-corrected chi connectivity index (χ4v) is 1.60. The summed E-state index contributed by atoms with van der Waals surface area (Å²) in [5.74, 6) is -1.07. The number of carboxylic acids is 1. The number of carbonyl (C=O) groups is 2. The Kier molecular flexibility index (Phi) is 5.15. The van der Waals surface area contributed by atoms with Gasteiger partial charge in [0.25, 0.3) is 0 Å². The van der Waals surface area contributed by atoms with E-state index in [0.29, 0.717) is 0 Å². The number of carbonyl (C=O) groups excluding carboxylic acids is 1. The van der Waals surface area contributed by atoms with Crippen molar-refractivity contribution in [2.45, 2.75) is 25.9 Å². The summed E-state index contributed by atoms with van der Waals surface area (Å²) in [6, 6.07) is 5.92. The third-order valence-electron chi connectivity index (χ3n) is 2.44. The van der Waals surface area contributed by atoms with E-state index in [9.17, 15) is 9.59 Å². The minimum atomic E-state index is -1.07. The molecule has 1 rings (SSSR count). The van der Waals surface area contributed by atoms with Gasteiger partial charge >= 0.3 is 12.0 Å². The number of rotatable bonds is 4. The first-order chi connectivity index (χ1) is 8.40. The smallest absolute Gasteiger partial charge is 0.325 e. The molecule has 0 aliphatic rings. The fraction of sp³-hybridized carbons (Fsp3) is 0.333. The lowest BCUT2D eigenvalue weighted by molar-refractivity contribution is -0.138. The number of urea groups is 1. The van der Waals surface area contributed by atoms with Crippen LogP contribution in [0.5, 0.6) is 0 Å². The fourth-order valence-electron chi connectivity index (χ4n) is 1.33. The van der Waals surface area contributed by atoms with Gasteiger partial charge in [-0.15, -0.1) is 0 Å². The summed E-state index contributed by atoms with van der Waals surface area (Å²) in [4.78, 5) is 22.1. The molecule has 0 bridgehead atoms. The van der Waals surface area contributed by atoms with Crippen molar-refractivity contribution in [1.82, 2.24) is 10.6 Å². The molecule has 6 heteroatoms. The molecule has 1 unspecified atom stereocenters. The lowest BCUT2D eigenvalue weighted by Gasteiger charge is -2.16. The van der Waals surface area contributed by atoms with E-state index in [-0.39, 0.29) is 6.04 Å². The topological polar surface area (TPSA) is 78.4 Å². The van der Waals surface area contributed by atoms with Crippen LogP contribution in [0.25, 0.3) is 0 Å². The van der Waals surface area contributed by atoms with Crippen LogP contribution < -0.4 is 10.6 Å². The van der Waals surface area contributed by atoms with Crippen molar-refractivity contribution in [3.8, 4) is 0 Å². The summed E-state index contributed by atoms with van der Waals surface area (Å²) in [5, 5.41) is 13.7. The minimum Gasteiger partial charge on any atom is -0.480 e. The van der Waals surface area contributed by atoms with Crippen molar-refractivity contribution in [3.05, 3.63) is 34.3 Å². The SMILES string of the molecule is CC(NC(=O)N[C@@H](C)C(=O)O)c1ccc(Br)cc1. The first-order valence-electron chi connectivity index (χ1n) is 5.45. The highest BCUT2D eigenvalue weighted by Crippen LogP contribution is 2.16. The predicted octanol–water partition coefficient (Wildman–Crippen LogP) is 2.28. The van der Waals surface area contributed by atoms with E-state index in [0.717, 1.165) is 10.0 Å². The van der Waals surface area contributed by atoms with Crippen molar-refractivity contribution in [1.29, 1.82) is 0 Å². The summed E-state index contributed by atoms with van der Waals surface area (Å²) in [6.45, 7) is 3.24. The summed E-state index contributed by atoms with van der Waals surface area (Å²) in [7, 11) is 0. The Morgan fingerprint density at radius 3 is 2.22 bits per heavy atom. The molecule has 0 aromatic heterocycles. The van der Waals surface area contributed by atoms with E-state index in [4.69, 9.17) is 5.11 Å². The van der Waals surface area contributed by atoms with Crippen molar-refractivity contribution < 1.29 is 14.7 Å². The molecule has 5 nitrogen and oxygen atoms in total. The molecule has 0 fully saturated rings. The van der Waals surface area contributed by atoms with E-state index < -0.39 is 18.0 Å². The summed E-state index contributed by atoms with van der Waals surface area (Å²) >= 11 is 3.33. The Balaban J connectivity index is 2.54.